The molecule has 1 amide bonds. The molecule has 38 heavy (non-hydrogen) atoms. The fourth-order valence-electron chi connectivity index (χ4n) is 5.43. The van der Waals surface area contributed by atoms with Gasteiger partial charge in [0.25, 0.3) is 0 Å². The Hall–Kier alpha value is -3.91. The van der Waals surface area contributed by atoms with Crippen LogP contribution in [0.2, 0.25) is 5.02 Å². The number of hydrogen-bond donors (Lipinski definition) is 0. The van der Waals surface area contributed by atoms with Crippen molar-refractivity contribution in [3.63, 3.8) is 0 Å². The molecular weight excluding hydrogens is 502 g/mol. The number of carbonyl (C=O) groups is 1. The van der Waals surface area contributed by atoms with Crippen LogP contribution in [0.1, 0.15) is 49.4 Å². The maximum atomic E-state index is 14.3. The second-order valence-electron chi connectivity index (χ2n) is 10.8. The first-order valence-corrected chi connectivity index (χ1v) is 13.0. The van der Waals surface area contributed by atoms with Crippen LogP contribution in [0, 0.1) is 0 Å². The highest BCUT2D eigenvalue weighted by Crippen LogP contribution is 2.50. The normalized spacial score (nSPS) is 19.7. The molecule has 0 N–H and O–H groups in total. The molecule has 0 saturated heterocycles. The molecule has 0 bridgehead atoms. The average Bonchev–Trinajstić information content (AvgIpc) is 3.32. The van der Waals surface area contributed by atoms with Gasteiger partial charge in [-0.2, -0.15) is 9.36 Å². The molecule has 2 aliphatic rings. The van der Waals surface area contributed by atoms with E-state index in [2.05, 4.69) is 30.3 Å². The highest BCUT2D eigenvalue weighted by Gasteiger charge is 2.49. The minimum Gasteiger partial charge on any atom is -0.488 e. The summed E-state index contributed by atoms with van der Waals surface area (Å²) in [5.74, 6) is 0.824. The lowest BCUT2D eigenvalue weighted by molar-refractivity contribution is -0.120. The van der Waals surface area contributed by atoms with E-state index in [4.69, 9.17) is 16.3 Å². The van der Waals surface area contributed by atoms with Gasteiger partial charge in [0.2, 0.25) is 5.91 Å². The molecule has 0 saturated carbocycles. The van der Waals surface area contributed by atoms with Crippen molar-refractivity contribution in [1.82, 2.24) is 19.8 Å². The summed E-state index contributed by atoms with van der Waals surface area (Å²) in [6.07, 6.45) is 1.80. The van der Waals surface area contributed by atoms with E-state index in [9.17, 15) is 9.59 Å². The van der Waals surface area contributed by atoms with Crippen molar-refractivity contribution in [3.8, 4) is 5.75 Å². The SMILES string of the molecule is Cn1nnn(Cc2ccc(N3C(=O)[C@@](C)(c4ccc5c(c4)CCC(C)(C)O5)c4cc(Cl)ccc43)cc2)c1=O. The van der Waals surface area contributed by atoms with Gasteiger partial charge in [-0.05, 0) is 103 Å². The number of carbonyl (C=O) groups excluding carboxylic acids is 1. The number of nitrogens with zero attached hydrogens (tertiary/aromatic N) is 5. The zero-order chi connectivity index (χ0) is 26.8. The van der Waals surface area contributed by atoms with Crippen LogP contribution in [0.15, 0.2) is 65.5 Å². The van der Waals surface area contributed by atoms with Crippen LogP contribution in [-0.2, 0) is 30.2 Å². The molecule has 2 aliphatic heterocycles. The molecule has 4 aromatic rings. The van der Waals surface area contributed by atoms with Crippen LogP contribution in [0.4, 0.5) is 11.4 Å². The van der Waals surface area contributed by atoms with Crippen molar-refractivity contribution in [1.29, 1.82) is 0 Å². The van der Waals surface area contributed by atoms with E-state index in [1.807, 2.05) is 61.5 Å². The zero-order valence-corrected chi connectivity index (χ0v) is 22.5. The monoisotopic (exact) mass is 529 g/mol. The topological polar surface area (TPSA) is 82.2 Å². The smallest absolute Gasteiger partial charge is 0.363 e. The summed E-state index contributed by atoms with van der Waals surface area (Å²) in [7, 11) is 1.56. The van der Waals surface area contributed by atoms with Crippen LogP contribution in [-0.4, -0.2) is 31.3 Å². The first-order valence-electron chi connectivity index (χ1n) is 12.6. The Kier molecular flexibility index (Phi) is 5.50. The molecule has 194 valence electrons. The highest BCUT2D eigenvalue weighted by atomic mass is 35.5. The molecule has 0 fully saturated rings. The molecule has 0 spiro atoms. The van der Waals surface area contributed by atoms with Crippen LogP contribution in [0.25, 0.3) is 0 Å². The molecule has 0 aliphatic carbocycles. The Morgan fingerprint density at radius 2 is 1.74 bits per heavy atom. The van der Waals surface area contributed by atoms with Gasteiger partial charge in [0.15, 0.2) is 0 Å². The summed E-state index contributed by atoms with van der Waals surface area (Å²) in [6.45, 7) is 6.45. The Labute approximate surface area is 225 Å². The molecule has 3 aromatic carbocycles. The van der Waals surface area contributed by atoms with E-state index in [0.717, 1.165) is 52.2 Å². The van der Waals surface area contributed by atoms with E-state index < -0.39 is 5.41 Å². The lowest BCUT2D eigenvalue weighted by Crippen LogP contribution is -2.37. The molecule has 0 radical (unpaired) electrons. The fraction of sp³-hybridized carbons (Fsp3) is 0.310. The number of aryl methyl sites for hydroxylation is 2. The Morgan fingerprint density at radius 3 is 2.45 bits per heavy atom. The number of tetrazole rings is 1. The Bertz CT molecular complexity index is 1640. The van der Waals surface area contributed by atoms with Crippen molar-refractivity contribution < 1.29 is 9.53 Å². The molecule has 1 atom stereocenters. The largest absolute Gasteiger partial charge is 0.488 e. The first-order chi connectivity index (χ1) is 18.1. The summed E-state index contributed by atoms with van der Waals surface area (Å²) in [4.78, 5) is 28.1. The van der Waals surface area contributed by atoms with Crippen LogP contribution < -0.4 is 15.3 Å². The number of rotatable bonds is 4. The van der Waals surface area contributed by atoms with E-state index >= 15 is 0 Å². The zero-order valence-electron chi connectivity index (χ0n) is 21.7. The molecule has 3 heterocycles. The van der Waals surface area contributed by atoms with Gasteiger partial charge in [-0.25, -0.2) is 4.79 Å². The minimum absolute atomic E-state index is 0.0512. The number of benzene rings is 3. The quantitative estimate of drug-likeness (QED) is 0.380. The minimum atomic E-state index is -0.923. The highest BCUT2D eigenvalue weighted by molar-refractivity contribution is 6.31. The molecule has 8 nitrogen and oxygen atoms in total. The first kappa shape index (κ1) is 24.4. The summed E-state index contributed by atoms with van der Waals surface area (Å²) in [6, 6.07) is 19.3. The van der Waals surface area contributed by atoms with Gasteiger partial charge in [0.05, 0.1) is 17.6 Å². The number of hydrogen-bond acceptors (Lipinski definition) is 5. The van der Waals surface area contributed by atoms with E-state index in [1.165, 1.54) is 9.36 Å². The molecule has 6 rings (SSSR count). The molecule has 9 heteroatoms. The van der Waals surface area contributed by atoms with Crippen molar-refractivity contribution in [3.05, 3.63) is 98.4 Å². The number of ether oxygens (including phenoxy) is 1. The molecule has 0 unspecified atom stereocenters. The van der Waals surface area contributed by atoms with Gasteiger partial charge in [-0.1, -0.05) is 35.9 Å². The third-order valence-corrected chi connectivity index (χ3v) is 7.93. The number of halogens is 1. The van der Waals surface area contributed by atoms with E-state index in [0.29, 0.717) is 11.6 Å². The van der Waals surface area contributed by atoms with Gasteiger partial charge >= 0.3 is 5.69 Å². The molecular formula is C29H28ClN5O3. The van der Waals surface area contributed by atoms with Crippen molar-refractivity contribution >= 4 is 28.9 Å². The van der Waals surface area contributed by atoms with Crippen molar-refractivity contribution in [2.45, 2.75) is 51.2 Å². The van der Waals surface area contributed by atoms with Crippen LogP contribution in [0.5, 0.6) is 5.75 Å². The number of aromatic nitrogens is 4. The third kappa shape index (κ3) is 3.82. The van der Waals surface area contributed by atoms with Gasteiger partial charge < -0.3 is 4.74 Å². The van der Waals surface area contributed by atoms with Crippen LogP contribution in [0.3, 0.4) is 0 Å². The summed E-state index contributed by atoms with van der Waals surface area (Å²) in [5.41, 5.74) is 3.89. The van der Waals surface area contributed by atoms with Gasteiger partial charge in [0, 0.05) is 17.8 Å². The van der Waals surface area contributed by atoms with Crippen LogP contribution >= 0.6 is 11.6 Å². The van der Waals surface area contributed by atoms with Gasteiger partial charge in [0.1, 0.15) is 11.4 Å². The van der Waals surface area contributed by atoms with E-state index in [-0.39, 0.29) is 17.2 Å². The summed E-state index contributed by atoms with van der Waals surface area (Å²) in [5, 5.41) is 8.22. The van der Waals surface area contributed by atoms with Gasteiger partial charge in [-0.3, -0.25) is 9.69 Å². The lowest BCUT2D eigenvalue weighted by Gasteiger charge is -2.34. The van der Waals surface area contributed by atoms with Gasteiger partial charge in [-0.15, -0.1) is 0 Å². The fourth-order valence-corrected chi connectivity index (χ4v) is 5.60. The lowest BCUT2D eigenvalue weighted by atomic mass is 9.76. The predicted molar refractivity (Wildman–Crippen MR) is 145 cm³/mol. The summed E-state index contributed by atoms with van der Waals surface area (Å²) >= 11 is 6.45. The predicted octanol–water partition coefficient (Wildman–Crippen LogP) is 4.77. The van der Waals surface area contributed by atoms with E-state index in [1.54, 1.807) is 11.9 Å². The standard InChI is InChI=1S/C29H28ClN5O3/c1-28(2)14-13-19-15-20(7-12-25(19)38-28)29(3)23-16-21(30)8-11-24(23)35(26(29)36)22-9-5-18(6-10-22)17-34-27(37)33(4)31-32-34/h5-12,15-16H,13-14,17H2,1-4H3/t29-/m0/s1. The summed E-state index contributed by atoms with van der Waals surface area (Å²) < 4.78 is 8.68. The Balaban J connectivity index is 1.38. The average molecular weight is 530 g/mol. The number of fused-ring (bicyclic) bond motifs is 2. The van der Waals surface area contributed by atoms with Crippen molar-refractivity contribution in [2.24, 2.45) is 7.05 Å². The number of anilines is 2. The molecule has 1 aromatic heterocycles. The third-order valence-electron chi connectivity index (χ3n) is 7.70. The maximum absolute atomic E-state index is 14.3. The maximum Gasteiger partial charge on any atom is 0.363 e. The number of amides is 1. The van der Waals surface area contributed by atoms with Crippen molar-refractivity contribution in [2.75, 3.05) is 4.90 Å². The second kappa shape index (κ2) is 8.56. The Morgan fingerprint density at radius 1 is 0.974 bits per heavy atom. The second-order valence-corrected chi connectivity index (χ2v) is 11.3.